The molecule has 0 unspecified atom stereocenters. The lowest BCUT2D eigenvalue weighted by molar-refractivity contribution is -0.132. The molecule has 5 nitrogen and oxygen atoms in total. The molecule has 29 heavy (non-hydrogen) atoms. The zero-order valence-corrected chi connectivity index (χ0v) is 16.9. The van der Waals surface area contributed by atoms with Crippen LogP contribution in [0.4, 0.5) is 14.5 Å². The number of benzene rings is 2. The fraction of sp³-hybridized carbons (Fsp3) is 0.333. The molecular formula is C21H22F2N4OS. The van der Waals surface area contributed by atoms with E-state index >= 15 is 0 Å². The fourth-order valence-electron chi connectivity index (χ4n) is 3.65. The van der Waals surface area contributed by atoms with Crippen LogP contribution in [0.3, 0.4) is 0 Å². The first-order valence-corrected chi connectivity index (χ1v) is 10.4. The molecule has 0 aliphatic carbocycles. The van der Waals surface area contributed by atoms with Gasteiger partial charge in [0.25, 0.3) is 5.76 Å². The van der Waals surface area contributed by atoms with E-state index in [1.165, 1.54) is 5.56 Å². The largest absolute Gasteiger partial charge is 0.368 e. The standard InChI is InChI=1S/C21H22F2N4OS/c1-15-5-4-6-16(13-15)25-9-11-26(12-10-25)19(28)14-27-18-8-3-2-7-17(18)24-21(27)29-20(22)23/h2-8,13,20H,9-12,14H2,1H3. The number of fused-ring (bicyclic) bond motifs is 1. The van der Waals surface area contributed by atoms with E-state index in [-0.39, 0.29) is 17.6 Å². The van der Waals surface area contributed by atoms with Crippen LogP contribution in [0, 0.1) is 6.92 Å². The molecular weight excluding hydrogens is 394 g/mol. The van der Waals surface area contributed by atoms with Crippen molar-refractivity contribution in [1.29, 1.82) is 0 Å². The van der Waals surface area contributed by atoms with Gasteiger partial charge in [-0.25, -0.2) is 4.98 Å². The third-order valence-electron chi connectivity index (χ3n) is 5.11. The van der Waals surface area contributed by atoms with E-state index in [9.17, 15) is 13.6 Å². The average Bonchev–Trinajstić information content (AvgIpc) is 3.04. The van der Waals surface area contributed by atoms with Crippen molar-refractivity contribution in [3.63, 3.8) is 0 Å². The van der Waals surface area contributed by atoms with Gasteiger partial charge in [-0.2, -0.15) is 8.78 Å². The SMILES string of the molecule is Cc1cccc(N2CCN(C(=O)Cn3c(SC(F)F)nc4ccccc43)CC2)c1. The number of imidazole rings is 1. The molecule has 0 N–H and O–H groups in total. The number of aromatic nitrogens is 2. The Bertz CT molecular complexity index is 1010. The molecule has 0 bridgehead atoms. The van der Waals surface area contributed by atoms with Crippen molar-refractivity contribution in [2.75, 3.05) is 31.1 Å². The van der Waals surface area contributed by atoms with Crippen molar-refractivity contribution in [3.8, 4) is 0 Å². The van der Waals surface area contributed by atoms with E-state index in [1.807, 2.05) is 18.2 Å². The third-order valence-corrected chi connectivity index (χ3v) is 5.81. The fourth-order valence-corrected chi connectivity index (χ4v) is 4.25. The van der Waals surface area contributed by atoms with Gasteiger partial charge in [-0.15, -0.1) is 0 Å². The summed E-state index contributed by atoms with van der Waals surface area (Å²) in [7, 11) is 0. The average molecular weight is 416 g/mol. The Morgan fingerprint density at radius 3 is 2.59 bits per heavy atom. The lowest BCUT2D eigenvalue weighted by atomic mass is 10.2. The summed E-state index contributed by atoms with van der Waals surface area (Å²) in [4.78, 5) is 21.3. The van der Waals surface area contributed by atoms with Gasteiger partial charge in [-0.1, -0.05) is 24.3 Å². The molecule has 1 amide bonds. The summed E-state index contributed by atoms with van der Waals surface area (Å²) in [5.41, 5.74) is 3.68. The number of carbonyl (C=O) groups is 1. The maximum atomic E-state index is 13.0. The molecule has 1 fully saturated rings. The van der Waals surface area contributed by atoms with Gasteiger partial charge >= 0.3 is 0 Å². The molecule has 2 aromatic carbocycles. The minimum atomic E-state index is -2.58. The molecule has 4 rings (SSSR count). The quantitative estimate of drug-likeness (QED) is 0.590. The summed E-state index contributed by atoms with van der Waals surface area (Å²) in [6.07, 6.45) is 0. The summed E-state index contributed by atoms with van der Waals surface area (Å²) in [5, 5.41) is 0.174. The maximum Gasteiger partial charge on any atom is 0.291 e. The van der Waals surface area contributed by atoms with E-state index in [0.717, 1.165) is 18.8 Å². The number of carbonyl (C=O) groups excluding carboxylic acids is 1. The number of amides is 1. The number of hydrogen-bond donors (Lipinski definition) is 0. The number of halogens is 2. The van der Waals surface area contributed by atoms with Gasteiger partial charge in [0.2, 0.25) is 5.91 Å². The topological polar surface area (TPSA) is 41.4 Å². The van der Waals surface area contributed by atoms with Crippen molar-refractivity contribution >= 4 is 34.4 Å². The molecule has 1 aromatic heterocycles. The second-order valence-electron chi connectivity index (χ2n) is 7.05. The Morgan fingerprint density at radius 2 is 1.86 bits per heavy atom. The Balaban J connectivity index is 1.46. The van der Waals surface area contributed by atoms with E-state index in [4.69, 9.17) is 0 Å². The lowest BCUT2D eigenvalue weighted by Gasteiger charge is -2.36. The smallest absolute Gasteiger partial charge is 0.291 e. The first kappa shape index (κ1) is 19.7. The number of rotatable bonds is 5. The third kappa shape index (κ3) is 4.37. The van der Waals surface area contributed by atoms with E-state index in [2.05, 4.69) is 35.0 Å². The van der Waals surface area contributed by atoms with Crippen LogP contribution in [0.1, 0.15) is 5.56 Å². The molecule has 0 spiro atoms. The second-order valence-corrected chi connectivity index (χ2v) is 8.01. The lowest BCUT2D eigenvalue weighted by Crippen LogP contribution is -2.49. The maximum absolute atomic E-state index is 13.0. The van der Waals surface area contributed by atoms with Crippen molar-refractivity contribution in [3.05, 3.63) is 54.1 Å². The highest BCUT2D eigenvalue weighted by molar-refractivity contribution is 7.99. The normalized spacial score (nSPS) is 14.8. The summed E-state index contributed by atoms with van der Waals surface area (Å²) in [6.45, 7) is 4.79. The van der Waals surface area contributed by atoms with Crippen LogP contribution in [0.2, 0.25) is 0 Å². The van der Waals surface area contributed by atoms with Crippen LogP contribution in [0.5, 0.6) is 0 Å². The minimum absolute atomic E-state index is 0.0139. The van der Waals surface area contributed by atoms with Gasteiger partial charge < -0.3 is 14.4 Å². The second kappa shape index (κ2) is 8.41. The molecule has 2 heterocycles. The number of para-hydroxylation sites is 2. The molecule has 0 saturated carbocycles. The number of anilines is 1. The molecule has 1 aliphatic rings. The van der Waals surface area contributed by atoms with Crippen molar-refractivity contribution in [1.82, 2.24) is 14.5 Å². The zero-order chi connectivity index (χ0) is 20.4. The number of piperazine rings is 1. The van der Waals surface area contributed by atoms with Crippen molar-refractivity contribution in [2.24, 2.45) is 0 Å². The number of hydrogen-bond acceptors (Lipinski definition) is 4. The van der Waals surface area contributed by atoms with Crippen LogP contribution in [-0.2, 0) is 11.3 Å². The van der Waals surface area contributed by atoms with Gasteiger partial charge in [0.05, 0.1) is 11.0 Å². The van der Waals surface area contributed by atoms with Crippen LogP contribution < -0.4 is 4.90 Å². The number of thioether (sulfide) groups is 1. The van der Waals surface area contributed by atoms with Gasteiger partial charge in [0.15, 0.2) is 5.16 Å². The molecule has 8 heteroatoms. The Hall–Kier alpha value is -2.61. The predicted molar refractivity (Wildman–Crippen MR) is 112 cm³/mol. The van der Waals surface area contributed by atoms with Gasteiger partial charge in [-0.3, -0.25) is 4.79 Å². The highest BCUT2D eigenvalue weighted by Gasteiger charge is 2.24. The van der Waals surface area contributed by atoms with Crippen LogP contribution >= 0.6 is 11.8 Å². The summed E-state index contributed by atoms with van der Waals surface area (Å²) in [6, 6.07) is 15.5. The Labute approximate surface area is 172 Å². The van der Waals surface area contributed by atoms with Crippen LogP contribution in [0.25, 0.3) is 11.0 Å². The first-order chi connectivity index (χ1) is 14.0. The van der Waals surface area contributed by atoms with Crippen LogP contribution in [0.15, 0.2) is 53.7 Å². The highest BCUT2D eigenvalue weighted by atomic mass is 32.2. The van der Waals surface area contributed by atoms with Crippen molar-refractivity contribution < 1.29 is 13.6 Å². The molecule has 0 atom stereocenters. The van der Waals surface area contributed by atoms with Gasteiger partial charge in [-0.05, 0) is 48.5 Å². The van der Waals surface area contributed by atoms with E-state index in [0.29, 0.717) is 35.9 Å². The Morgan fingerprint density at radius 1 is 1.10 bits per heavy atom. The minimum Gasteiger partial charge on any atom is -0.368 e. The van der Waals surface area contributed by atoms with Gasteiger partial charge in [0, 0.05) is 31.9 Å². The van der Waals surface area contributed by atoms with Gasteiger partial charge in [0.1, 0.15) is 6.54 Å². The number of aryl methyl sites for hydroxylation is 1. The summed E-state index contributed by atoms with van der Waals surface area (Å²) in [5.74, 6) is -2.66. The molecule has 3 aromatic rings. The summed E-state index contributed by atoms with van der Waals surface area (Å²) >= 11 is 0.378. The first-order valence-electron chi connectivity index (χ1n) is 9.51. The molecule has 0 radical (unpaired) electrons. The Kier molecular flexibility index (Phi) is 5.71. The molecule has 1 aliphatic heterocycles. The number of nitrogens with zero attached hydrogens (tertiary/aromatic N) is 4. The number of alkyl halides is 2. The monoisotopic (exact) mass is 416 g/mol. The highest BCUT2D eigenvalue weighted by Crippen LogP contribution is 2.28. The summed E-state index contributed by atoms with van der Waals surface area (Å²) < 4.78 is 27.5. The zero-order valence-electron chi connectivity index (χ0n) is 16.1. The molecule has 1 saturated heterocycles. The predicted octanol–water partition coefficient (Wildman–Crippen LogP) is 4.01. The van der Waals surface area contributed by atoms with Crippen LogP contribution in [-0.4, -0.2) is 52.3 Å². The van der Waals surface area contributed by atoms with E-state index < -0.39 is 5.76 Å². The molecule has 152 valence electrons. The van der Waals surface area contributed by atoms with Crippen molar-refractivity contribution in [2.45, 2.75) is 24.4 Å². The van der Waals surface area contributed by atoms with E-state index in [1.54, 1.807) is 21.6 Å².